The highest BCUT2D eigenvalue weighted by atomic mass is 32.2. The van der Waals surface area contributed by atoms with E-state index in [0.717, 1.165) is 51.0 Å². The molecule has 0 spiro atoms. The molecular weight excluding hydrogens is 368 g/mol. The molecule has 0 fully saturated rings. The zero-order valence-electron chi connectivity index (χ0n) is 15.8. The molecule has 0 N–H and O–H groups in total. The third-order valence-corrected chi connectivity index (χ3v) is 6.43. The number of thioether (sulfide) groups is 1. The van der Waals surface area contributed by atoms with Crippen LogP contribution in [-0.4, -0.2) is 29.8 Å². The van der Waals surface area contributed by atoms with Crippen molar-refractivity contribution < 1.29 is 0 Å². The Kier molecular flexibility index (Phi) is 5.76. The van der Waals surface area contributed by atoms with Crippen molar-refractivity contribution in [3.63, 3.8) is 0 Å². The Morgan fingerprint density at radius 1 is 1.27 bits per heavy atom. The van der Waals surface area contributed by atoms with Crippen LogP contribution in [0, 0.1) is 13.8 Å². The van der Waals surface area contributed by atoms with Gasteiger partial charge in [0.05, 0.1) is 11.1 Å². The normalized spacial score (nSPS) is 11.8. The maximum absolute atomic E-state index is 13.1. The molecule has 9 heteroatoms. The summed E-state index contributed by atoms with van der Waals surface area (Å²) < 4.78 is 3.62. The van der Waals surface area contributed by atoms with Crippen LogP contribution in [0.2, 0.25) is 0 Å². The summed E-state index contributed by atoms with van der Waals surface area (Å²) in [4.78, 5) is 19.8. The first-order chi connectivity index (χ1) is 12.4. The van der Waals surface area contributed by atoms with E-state index in [2.05, 4.69) is 22.4 Å². The summed E-state index contributed by atoms with van der Waals surface area (Å²) in [5.74, 6) is 1.40. The van der Waals surface area contributed by atoms with Crippen LogP contribution in [0.4, 0.5) is 0 Å². The van der Waals surface area contributed by atoms with Crippen molar-refractivity contribution in [1.82, 2.24) is 29.8 Å². The molecule has 0 aromatic carbocycles. The zero-order chi connectivity index (χ0) is 18.8. The Balaban J connectivity index is 1.96. The van der Waals surface area contributed by atoms with Crippen LogP contribution in [0.25, 0.3) is 10.2 Å². The molecule has 0 radical (unpaired) electrons. The van der Waals surface area contributed by atoms with Crippen LogP contribution < -0.4 is 5.56 Å². The number of unbranched alkanes of at least 4 members (excludes halogenated alkanes) is 1. The van der Waals surface area contributed by atoms with Crippen molar-refractivity contribution in [2.24, 2.45) is 0 Å². The van der Waals surface area contributed by atoms with Crippen LogP contribution in [0.15, 0.2) is 9.95 Å². The van der Waals surface area contributed by atoms with Gasteiger partial charge in [-0.25, -0.2) is 9.67 Å². The molecule has 0 bridgehead atoms. The molecule has 3 aromatic rings. The third kappa shape index (κ3) is 3.55. The minimum atomic E-state index is 0.0394. The van der Waals surface area contributed by atoms with Gasteiger partial charge in [0.15, 0.2) is 11.0 Å². The number of fused-ring (bicyclic) bond motifs is 1. The fourth-order valence-corrected chi connectivity index (χ4v) is 4.91. The van der Waals surface area contributed by atoms with E-state index in [1.807, 2.05) is 32.4 Å². The average Bonchev–Trinajstić information content (AvgIpc) is 3.15. The van der Waals surface area contributed by atoms with Gasteiger partial charge in [-0.3, -0.25) is 9.36 Å². The lowest BCUT2D eigenvalue weighted by Crippen LogP contribution is -2.25. The highest BCUT2D eigenvalue weighted by Gasteiger charge is 2.19. The van der Waals surface area contributed by atoms with Crippen molar-refractivity contribution in [3.8, 4) is 0 Å². The maximum Gasteiger partial charge on any atom is 0.263 e. The van der Waals surface area contributed by atoms with Gasteiger partial charge in [0.1, 0.15) is 4.83 Å². The lowest BCUT2D eigenvalue weighted by molar-refractivity contribution is 0.518. The molecule has 140 valence electrons. The summed E-state index contributed by atoms with van der Waals surface area (Å²) in [5, 5.41) is 13.5. The molecule has 0 aliphatic rings. The van der Waals surface area contributed by atoms with E-state index in [-0.39, 0.29) is 11.6 Å². The van der Waals surface area contributed by atoms with Crippen LogP contribution in [0.1, 0.15) is 55.9 Å². The largest absolute Gasteiger partial charge is 0.284 e. The average molecular weight is 393 g/mol. The smallest absolute Gasteiger partial charge is 0.263 e. The maximum atomic E-state index is 13.1. The Morgan fingerprint density at radius 3 is 2.73 bits per heavy atom. The molecule has 26 heavy (non-hydrogen) atoms. The number of rotatable bonds is 7. The molecule has 0 unspecified atom stereocenters. The van der Waals surface area contributed by atoms with Crippen molar-refractivity contribution >= 4 is 33.3 Å². The van der Waals surface area contributed by atoms with Gasteiger partial charge in [0, 0.05) is 17.5 Å². The van der Waals surface area contributed by atoms with Crippen LogP contribution in [-0.2, 0) is 12.3 Å². The van der Waals surface area contributed by atoms with E-state index in [1.54, 1.807) is 15.9 Å². The van der Waals surface area contributed by atoms with Crippen LogP contribution in [0.5, 0.6) is 0 Å². The van der Waals surface area contributed by atoms with Gasteiger partial charge in [-0.05, 0) is 50.1 Å². The SMILES string of the molecule is CCCCn1nnnc1CSc1nc2sc(C)c(C)c2c(=O)n1C(C)C. The van der Waals surface area contributed by atoms with E-state index in [9.17, 15) is 4.79 Å². The number of nitrogens with zero attached hydrogens (tertiary/aromatic N) is 6. The van der Waals surface area contributed by atoms with Crippen molar-refractivity contribution in [2.45, 2.75) is 71.0 Å². The summed E-state index contributed by atoms with van der Waals surface area (Å²) >= 11 is 3.10. The Hall–Kier alpha value is -1.74. The molecule has 3 rings (SSSR count). The standard InChI is InChI=1S/C17H24N6OS2/c1-6-7-8-22-13(19-20-21-22)9-25-17-18-15-14(11(4)12(5)26-15)16(24)23(17)10(2)3/h10H,6-9H2,1-5H3. The Bertz CT molecular complexity index is 972. The molecule has 0 atom stereocenters. The number of thiophene rings is 1. The quantitative estimate of drug-likeness (QED) is 0.450. The fourth-order valence-electron chi connectivity index (χ4n) is 2.78. The molecule has 0 saturated carbocycles. The second-order valence-corrected chi connectivity index (χ2v) is 8.73. The minimum absolute atomic E-state index is 0.0394. The van der Waals surface area contributed by atoms with E-state index >= 15 is 0 Å². The van der Waals surface area contributed by atoms with E-state index in [4.69, 9.17) is 4.98 Å². The number of aromatic nitrogens is 6. The lowest BCUT2D eigenvalue weighted by atomic mass is 10.2. The Morgan fingerprint density at radius 2 is 2.04 bits per heavy atom. The molecule has 0 aliphatic carbocycles. The molecule has 3 aromatic heterocycles. The summed E-state index contributed by atoms with van der Waals surface area (Å²) in [6, 6.07) is 0.0394. The molecule has 7 nitrogen and oxygen atoms in total. The van der Waals surface area contributed by atoms with Crippen molar-refractivity contribution in [2.75, 3.05) is 0 Å². The lowest BCUT2D eigenvalue weighted by Gasteiger charge is -2.15. The molecule has 0 amide bonds. The van der Waals surface area contributed by atoms with Crippen molar-refractivity contribution in [1.29, 1.82) is 0 Å². The summed E-state index contributed by atoms with van der Waals surface area (Å²) in [6.45, 7) is 11.0. The highest BCUT2D eigenvalue weighted by Crippen LogP contribution is 2.30. The van der Waals surface area contributed by atoms with Crippen LogP contribution >= 0.6 is 23.1 Å². The second-order valence-electron chi connectivity index (χ2n) is 6.59. The van der Waals surface area contributed by atoms with E-state index in [0.29, 0.717) is 5.75 Å². The topological polar surface area (TPSA) is 78.5 Å². The zero-order valence-corrected chi connectivity index (χ0v) is 17.4. The monoisotopic (exact) mass is 392 g/mol. The second kappa shape index (κ2) is 7.87. The molecule has 0 saturated heterocycles. The fraction of sp³-hybridized carbons (Fsp3) is 0.588. The van der Waals surface area contributed by atoms with Gasteiger partial charge in [-0.1, -0.05) is 25.1 Å². The minimum Gasteiger partial charge on any atom is -0.284 e. The summed E-state index contributed by atoms with van der Waals surface area (Å²) in [5.41, 5.74) is 1.08. The first-order valence-electron chi connectivity index (χ1n) is 8.84. The van der Waals surface area contributed by atoms with Gasteiger partial charge in [0.25, 0.3) is 5.56 Å². The van der Waals surface area contributed by atoms with Gasteiger partial charge in [-0.2, -0.15) is 0 Å². The molecule has 3 heterocycles. The summed E-state index contributed by atoms with van der Waals surface area (Å²) in [7, 11) is 0. The van der Waals surface area contributed by atoms with E-state index in [1.165, 1.54) is 11.8 Å². The van der Waals surface area contributed by atoms with Gasteiger partial charge >= 0.3 is 0 Å². The number of aryl methyl sites for hydroxylation is 3. The molecule has 0 aliphatic heterocycles. The van der Waals surface area contributed by atoms with Gasteiger partial charge in [-0.15, -0.1) is 16.4 Å². The first-order valence-corrected chi connectivity index (χ1v) is 10.6. The van der Waals surface area contributed by atoms with Crippen LogP contribution in [0.3, 0.4) is 0 Å². The first kappa shape index (κ1) is 19.0. The van der Waals surface area contributed by atoms with Gasteiger partial charge < -0.3 is 0 Å². The van der Waals surface area contributed by atoms with Crippen molar-refractivity contribution in [3.05, 3.63) is 26.6 Å². The van der Waals surface area contributed by atoms with E-state index < -0.39 is 0 Å². The number of hydrogen-bond donors (Lipinski definition) is 0. The highest BCUT2D eigenvalue weighted by molar-refractivity contribution is 7.98. The van der Waals surface area contributed by atoms with Gasteiger partial charge in [0.2, 0.25) is 0 Å². The predicted molar refractivity (Wildman–Crippen MR) is 106 cm³/mol. The number of hydrogen-bond acceptors (Lipinski definition) is 7. The third-order valence-electron chi connectivity index (χ3n) is 4.38. The Labute approximate surface area is 160 Å². The summed E-state index contributed by atoms with van der Waals surface area (Å²) in [6.07, 6.45) is 2.13. The predicted octanol–water partition coefficient (Wildman–Crippen LogP) is 3.73. The molecular formula is C17H24N6OS2. The number of tetrazole rings is 1.